The summed E-state index contributed by atoms with van der Waals surface area (Å²) in [6.45, 7) is 5.32. The Labute approximate surface area is 172 Å². The Kier molecular flexibility index (Phi) is 5.91. The average Bonchev–Trinajstić information content (AvgIpc) is 3.44. The highest BCUT2D eigenvalue weighted by atomic mass is 32.2. The van der Waals surface area contributed by atoms with E-state index in [4.69, 9.17) is 4.74 Å². The van der Waals surface area contributed by atoms with Gasteiger partial charge in [-0.2, -0.15) is 5.10 Å². The lowest BCUT2D eigenvalue weighted by atomic mass is 10.2. The van der Waals surface area contributed by atoms with E-state index in [1.165, 1.54) is 17.3 Å². The van der Waals surface area contributed by atoms with Crippen molar-refractivity contribution in [3.8, 4) is 5.69 Å². The standard InChI is InChI=1S/C19H23N7O2S/c1-13-5-7-15(8-6-13)26-17(10-14(2)22-26)20-18(27)12-29-19-21-23-24-25(19)11-16-4-3-9-28-16/h5-8,10,16H,3-4,9,11-12H2,1-2H3,(H,20,27). The molecule has 2 aromatic heterocycles. The summed E-state index contributed by atoms with van der Waals surface area (Å²) in [7, 11) is 0. The van der Waals surface area contributed by atoms with Crippen molar-refractivity contribution in [2.75, 3.05) is 17.7 Å². The number of nitrogens with zero attached hydrogens (tertiary/aromatic N) is 6. The van der Waals surface area contributed by atoms with Crippen molar-refractivity contribution in [1.29, 1.82) is 0 Å². The lowest BCUT2D eigenvalue weighted by Crippen LogP contribution is -2.19. The van der Waals surface area contributed by atoms with E-state index in [1.807, 2.05) is 44.2 Å². The molecule has 152 valence electrons. The van der Waals surface area contributed by atoms with Crippen LogP contribution in [0.1, 0.15) is 24.1 Å². The third-order valence-corrected chi connectivity index (χ3v) is 5.57. The molecule has 1 fully saturated rings. The topological polar surface area (TPSA) is 99.8 Å². The number of hydrogen-bond donors (Lipinski definition) is 1. The summed E-state index contributed by atoms with van der Waals surface area (Å²) < 4.78 is 9.07. The molecule has 0 spiro atoms. The first kappa shape index (κ1) is 19.6. The Morgan fingerprint density at radius 3 is 2.90 bits per heavy atom. The monoisotopic (exact) mass is 413 g/mol. The second kappa shape index (κ2) is 8.75. The molecule has 1 unspecified atom stereocenters. The number of hydrogen-bond acceptors (Lipinski definition) is 7. The van der Waals surface area contributed by atoms with Gasteiger partial charge in [-0.25, -0.2) is 9.36 Å². The summed E-state index contributed by atoms with van der Waals surface area (Å²) >= 11 is 1.30. The van der Waals surface area contributed by atoms with Gasteiger partial charge in [0.2, 0.25) is 11.1 Å². The molecule has 3 heterocycles. The molecular weight excluding hydrogens is 390 g/mol. The zero-order chi connectivity index (χ0) is 20.2. The number of anilines is 1. The first-order valence-corrected chi connectivity index (χ1v) is 10.5. The van der Waals surface area contributed by atoms with Crippen LogP contribution in [0.3, 0.4) is 0 Å². The molecule has 9 nitrogen and oxygen atoms in total. The van der Waals surface area contributed by atoms with Crippen LogP contribution in [0, 0.1) is 13.8 Å². The van der Waals surface area contributed by atoms with Crippen molar-refractivity contribution < 1.29 is 9.53 Å². The first-order chi connectivity index (χ1) is 14.1. The molecule has 1 saturated heterocycles. The number of nitrogens with one attached hydrogen (secondary N) is 1. The third kappa shape index (κ3) is 4.83. The number of benzene rings is 1. The summed E-state index contributed by atoms with van der Waals surface area (Å²) in [4.78, 5) is 12.5. The zero-order valence-corrected chi connectivity index (χ0v) is 17.2. The van der Waals surface area contributed by atoms with Gasteiger partial charge in [0.25, 0.3) is 0 Å². The van der Waals surface area contributed by atoms with Crippen LogP contribution >= 0.6 is 11.8 Å². The second-order valence-corrected chi connectivity index (χ2v) is 7.98. The van der Waals surface area contributed by atoms with Gasteiger partial charge >= 0.3 is 0 Å². The van der Waals surface area contributed by atoms with E-state index in [0.717, 1.165) is 30.8 Å². The summed E-state index contributed by atoms with van der Waals surface area (Å²) in [5, 5.41) is 19.8. The maximum absolute atomic E-state index is 12.5. The number of aromatic nitrogens is 6. The average molecular weight is 414 g/mol. The Morgan fingerprint density at radius 2 is 2.14 bits per heavy atom. The maximum Gasteiger partial charge on any atom is 0.236 e. The van der Waals surface area contributed by atoms with Crippen LogP contribution in [0.15, 0.2) is 35.5 Å². The van der Waals surface area contributed by atoms with Gasteiger partial charge in [0.15, 0.2) is 0 Å². The first-order valence-electron chi connectivity index (χ1n) is 9.52. The Bertz CT molecular complexity index is 977. The second-order valence-electron chi connectivity index (χ2n) is 7.03. The third-order valence-electron chi connectivity index (χ3n) is 4.61. The maximum atomic E-state index is 12.5. The molecule has 1 aliphatic rings. The van der Waals surface area contributed by atoms with Crippen molar-refractivity contribution in [3.05, 3.63) is 41.6 Å². The highest BCUT2D eigenvalue weighted by molar-refractivity contribution is 7.99. The van der Waals surface area contributed by atoms with Crippen LogP contribution in [0.25, 0.3) is 5.69 Å². The minimum atomic E-state index is -0.144. The molecule has 0 saturated carbocycles. The largest absolute Gasteiger partial charge is 0.376 e. The van der Waals surface area contributed by atoms with Crippen LogP contribution in [-0.4, -0.2) is 54.4 Å². The van der Waals surface area contributed by atoms with Gasteiger partial charge in [-0.3, -0.25) is 4.79 Å². The van der Waals surface area contributed by atoms with Crippen molar-refractivity contribution in [2.45, 2.75) is 44.5 Å². The minimum absolute atomic E-state index is 0.138. The molecule has 10 heteroatoms. The molecule has 1 amide bonds. The summed E-state index contributed by atoms with van der Waals surface area (Å²) in [5.74, 6) is 0.690. The molecule has 1 aromatic carbocycles. The molecule has 0 bridgehead atoms. The highest BCUT2D eigenvalue weighted by Gasteiger charge is 2.19. The molecule has 1 aliphatic heterocycles. The van der Waals surface area contributed by atoms with Crippen LogP contribution in [0.2, 0.25) is 0 Å². The molecule has 1 atom stereocenters. The molecule has 1 N–H and O–H groups in total. The molecule has 0 aliphatic carbocycles. The number of ether oxygens (including phenoxy) is 1. The predicted octanol–water partition coefficient (Wildman–Crippen LogP) is 2.39. The van der Waals surface area contributed by atoms with Gasteiger partial charge in [0.1, 0.15) is 5.82 Å². The highest BCUT2D eigenvalue weighted by Crippen LogP contribution is 2.20. The Morgan fingerprint density at radius 1 is 1.31 bits per heavy atom. The summed E-state index contributed by atoms with van der Waals surface area (Å²) in [6.07, 6.45) is 2.21. The van der Waals surface area contributed by atoms with Crippen LogP contribution in [0.5, 0.6) is 0 Å². The van der Waals surface area contributed by atoms with Crippen LogP contribution < -0.4 is 5.32 Å². The number of amides is 1. The van der Waals surface area contributed by atoms with Gasteiger partial charge in [0.05, 0.1) is 29.8 Å². The van der Waals surface area contributed by atoms with Crippen molar-refractivity contribution in [3.63, 3.8) is 0 Å². The fourth-order valence-corrected chi connectivity index (χ4v) is 3.86. The molecule has 4 rings (SSSR count). The van der Waals surface area contributed by atoms with Gasteiger partial charge in [-0.1, -0.05) is 29.5 Å². The SMILES string of the molecule is Cc1ccc(-n2nc(C)cc2NC(=O)CSc2nnnn2CC2CCCO2)cc1. The smallest absolute Gasteiger partial charge is 0.236 e. The van der Waals surface area contributed by atoms with Crippen molar-refractivity contribution in [1.82, 2.24) is 30.0 Å². The number of aryl methyl sites for hydroxylation is 2. The number of rotatable bonds is 7. The van der Waals surface area contributed by atoms with E-state index in [2.05, 4.69) is 25.9 Å². The molecule has 29 heavy (non-hydrogen) atoms. The molecular formula is C19H23N7O2S. The number of carbonyl (C=O) groups is 1. The number of carbonyl (C=O) groups excluding carboxylic acids is 1. The number of thioether (sulfide) groups is 1. The lowest BCUT2D eigenvalue weighted by Gasteiger charge is -2.10. The summed E-state index contributed by atoms with van der Waals surface area (Å²) in [6, 6.07) is 9.84. The quantitative estimate of drug-likeness (QED) is 0.594. The zero-order valence-electron chi connectivity index (χ0n) is 16.4. The fourth-order valence-electron chi connectivity index (χ4n) is 3.18. The predicted molar refractivity (Wildman–Crippen MR) is 109 cm³/mol. The van der Waals surface area contributed by atoms with E-state index >= 15 is 0 Å². The van der Waals surface area contributed by atoms with E-state index in [-0.39, 0.29) is 17.8 Å². The van der Waals surface area contributed by atoms with Crippen molar-refractivity contribution >= 4 is 23.5 Å². The van der Waals surface area contributed by atoms with E-state index < -0.39 is 0 Å². The van der Waals surface area contributed by atoms with Gasteiger partial charge in [0, 0.05) is 12.7 Å². The molecule has 3 aromatic rings. The van der Waals surface area contributed by atoms with Crippen LogP contribution in [0.4, 0.5) is 5.82 Å². The van der Waals surface area contributed by atoms with E-state index in [1.54, 1.807) is 9.36 Å². The number of tetrazole rings is 1. The molecule has 0 radical (unpaired) electrons. The van der Waals surface area contributed by atoms with E-state index in [9.17, 15) is 4.79 Å². The van der Waals surface area contributed by atoms with Crippen molar-refractivity contribution in [2.24, 2.45) is 0 Å². The van der Waals surface area contributed by atoms with E-state index in [0.29, 0.717) is 17.5 Å². The van der Waals surface area contributed by atoms with Gasteiger partial charge in [-0.15, -0.1) is 5.10 Å². The van der Waals surface area contributed by atoms with Crippen LogP contribution in [-0.2, 0) is 16.1 Å². The Hall–Kier alpha value is -2.72. The lowest BCUT2D eigenvalue weighted by molar-refractivity contribution is -0.113. The van der Waals surface area contributed by atoms with Gasteiger partial charge in [-0.05, 0) is 49.2 Å². The van der Waals surface area contributed by atoms with Gasteiger partial charge < -0.3 is 10.1 Å². The summed E-state index contributed by atoms with van der Waals surface area (Å²) in [5.41, 5.74) is 2.89. The fraction of sp³-hybridized carbons (Fsp3) is 0.421. The Balaban J connectivity index is 1.38. The normalized spacial score (nSPS) is 16.3. The minimum Gasteiger partial charge on any atom is -0.376 e.